The van der Waals surface area contributed by atoms with E-state index in [4.69, 9.17) is 14.5 Å². The molecular formula is C21H18N2O3. The Bertz CT molecular complexity index is 1130. The fourth-order valence-corrected chi connectivity index (χ4v) is 3.15. The first kappa shape index (κ1) is 16.1. The number of carbonyl (C=O) groups is 1. The fourth-order valence-electron chi connectivity index (χ4n) is 3.15. The minimum atomic E-state index is -0.00863. The summed E-state index contributed by atoms with van der Waals surface area (Å²) in [6, 6.07) is 15.2. The van der Waals surface area contributed by atoms with E-state index in [0.717, 1.165) is 44.7 Å². The molecule has 4 rings (SSSR count). The van der Waals surface area contributed by atoms with Crippen LogP contribution in [0.1, 0.15) is 17.3 Å². The second-order valence-electron chi connectivity index (χ2n) is 6.10. The van der Waals surface area contributed by atoms with Gasteiger partial charge in [-0.2, -0.15) is 0 Å². The molecule has 5 nitrogen and oxygen atoms in total. The number of nitrogens with zero attached hydrogens (tertiary/aromatic N) is 1. The molecule has 5 heteroatoms. The van der Waals surface area contributed by atoms with Crippen LogP contribution < -0.4 is 9.47 Å². The number of hydrogen-bond acceptors (Lipinski definition) is 4. The number of rotatable bonds is 4. The molecule has 0 bridgehead atoms. The van der Waals surface area contributed by atoms with Crippen molar-refractivity contribution in [1.29, 1.82) is 0 Å². The molecule has 2 aromatic heterocycles. The van der Waals surface area contributed by atoms with Crippen molar-refractivity contribution in [3.05, 3.63) is 54.1 Å². The Morgan fingerprint density at radius 2 is 1.65 bits per heavy atom. The first-order valence-corrected chi connectivity index (χ1v) is 8.26. The van der Waals surface area contributed by atoms with Crippen molar-refractivity contribution in [3.8, 4) is 22.8 Å². The Hall–Kier alpha value is -3.34. The van der Waals surface area contributed by atoms with Crippen LogP contribution in [0.4, 0.5) is 0 Å². The van der Waals surface area contributed by atoms with Gasteiger partial charge in [-0.1, -0.05) is 0 Å². The van der Waals surface area contributed by atoms with Crippen molar-refractivity contribution in [2.45, 2.75) is 6.92 Å². The molecule has 0 unspecified atom stereocenters. The van der Waals surface area contributed by atoms with E-state index < -0.39 is 0 Å². The number of fused-ring (bicyclic) bond motifs is 3. The van der Waals surface area contributed by atoms with E-state index >= 15 is 0 Å². The van der Waals surface area contributed by atoms with Crippen molar-refractivity contribution in [2.75, 3.05) is 14.2 Å². The number of ether oxygens (including phenoxy) is 2. The highest BCUT2D eigenvalue weighted by molar-refractivity contribution is 6.14. The topological polar surface area (TPSA) is 64.2 Å². The van der Waals surface area contributed by atoms with E-state index in [9.17, 15) is 4.79 Å². The quantitative estimate of drug-likeness (QED) is 0.548. The number of methoxy groups -OCH3 is 2. The van der Waals surface area contributed by atoms with Gasteiger partial charge in [0.1, 0.15) is 11.5 Å². The number of benzene rings is 2. The van der Waals surface area contributed by atoms with Crippen LogP contribution >= 0.6 is 0 Å². The van der Waals surface area contributed by atoms with Crippen LogP contribution in [0.15, 0.2) is 48.5 Å². The van der Waals surface area contributed by atoms with Gasteiger partial charge in [0.2, 0.25) is 0 Å². The first-order chi connectivity index (χ1) is 12.6. The summed E-state index contributed by atoms with van der Waals surface area (Å²) in [7, 11) is 3.26. The number of aromatic amines is 1. The lowest BCUT2D eigenvalue weighted by atomic mass is 10.0. The van der Waals surface area contributed by atoms with Crippen LogP contribution in [0, 0.1) is 0 Å². The molecule has 1 N–H and O–H groups in total. The summed E-state index contributed by atoms with van der Waals surface area (Å²) in [6.07, 6.45) is 0. The highest BCUT2D eigenvalue weighted by Crippen LogP contribution is 2.32. The maximum atomic E-state index is 12.3. The molecule has 0 aliphatic rings. The van der Waals surface area contributed by atoms with Crippen molar-refractivity contribution < 1.29 is 14.3 Å². The Labute approximate surface area is 150 Å². The summed E-state index contributed by atoms with van der Waals surface area (Å²) in [5, 5.41) is 0.957. The van der Waals surface area contributed by atoms with Gasteiger partial charge in [-0.15, -0.1) is 0 Å². The van der Waals surface area contributed by atoms with Crippen molar-refractivity contribution in [1.82, 2.24) is 9.97 Å². The van der Waals surface area contributed by atoms with Crippen LogP contribution in [0.5, 0.6) is 11.5 Å². The highest BCUT2D eigenvalue weighted by atomic mass is 16.5. The zero-order valence-electron chi connectivity index (χ0n) is 14.8. The third-order valence-electron chi connectivity index (χ3n) is 4.53. The SMILES string of the molecule is COc1ccc(-c2cc(C(C)=O)c3[nH]c4cc(OC)ccc4c3n2)cc1. The summed E-state index contributed by atoms with van der Waals surface area (Å²) in [5.74, 6) is 1.52. The number of Topliss-reactive ketones (excluding diaryl/α,β-unsaturated/α-hetero) is 1. The van der Waals surface area contributed by atoms with Gasteiger partial charge in [-0.3, -0.25) is 4.79 Å². The summed E-state index contributed by atoms with van der Waals surface area (Å²) in [5.41, 5.74) is 4.72. The molecule has 0 spiro atoms. The Balaban J connectivity index is 1.99. The van der Waals surface area contributed by atoms with Gasteiger partial charge >= 0.3 is 0 Å². The minimum absolute atomic E-state index is 0.00863. The average Bonchev–Trinajstić information content (AvgIpc) is 3.04. The molecular weight excluding hydrogens is 328 g/mol. The van der Waals surface area contributed by atoms with Crippen LogP contribution in [0.25, 0.3) is 33.2 Å². The fraction of sp³-hybridized carbons (Fsp3) is 0.143. The molecule has 0 atom stereocenters. The molecule has 0 saturated carbocycles. The molecule has 26 heavy (non-hydrogen) atoms. The predicted octanol–water partition coefficient (Wildman–Crippen LogP) is 4.60. The van der Waals surface area contributed by atoms with E-state index in [1.807, 2.05) is 48.5 Å². The monoisotopic (exact) mass is 346 g/mol. The lowest BCUT2D eigenvalue weighted by Gasteiger charge is -2.06. The molecule has 0 aliphatic heterocycles. The highest BCUT2D eigenvalue weighted by Gasteiger charge is 2.16. The lowest BCUT2D eigenvalue weighted by molar-refractivity contribution is 0.101. The molecule has 130 valence electrons. The number of pyridine rings is 1. The average molecular weight is 346 g/mol. The predicted molar refractivity (Wildman–Crippen MR) is 102 cm³/mol. The number of hydrogen-bond donors (Lipinski definition) is 1. The second-order valence-corrected chi connectivity index (χ2v) is 6.10. The van der Waals surface area contributed by atoms with Crippen molar-refractivity contribution >= 4 is 27.7 Å². The molecule has 2 heterocycles. The molecule has 0 radical (unpaired) electrons. The number of carbonyl (C=O) groups excluding carboxylic acids is 1. The zero-order valence-corrected chi connectivity index (χ0v) is 14.8. The van der Waals surface area contributed by atoms with Crippen molar-refractivity contribution in [2.24, 2.45) is 0 Å². The van der Waals surface area contributed by atoms with Gasteiger partial charge in [-0.25, -0.2) is 4.98 Å². The maximum absolute atomic E-state index is 12.3. The molecule has 0 fully saturated rings. The summed E-state index contributed by atoms with van der Waals surface area (Å²) in [6.45, 7) is 1.57. The first-order valence-electron chi connectivity index (χ1n) is 8.26. The number of aromatic nitrogens is 2. The van der Waals surface area contributed by atoms with Gasteiger partial charge in [0.25, 0.3) is 0 Å². The zero-order chi connectivity index (χ0) is 18.3. The second kappa shape index (κ2) is 6.19. The number of nitrogens with one attached hydrogen (secondary N) is 1. The summed E-state index contributed by atoms with van der Waals surface area (Å²) >= 11 is 0. The minimum Gasteiger partial charge on any atom is -0.497 e. The molecule has 4 aromatic rings. The third-order valence-corrected chi connectivity index (χ3v) is 4.53. The Kier molecular flexibility index (Phi) is 3.84. The van der Waals surface area contributed by atoms with E-state index in [1.165, 1.54) is 0 Å². The van der Waals surface area contributed by atoms with E-state index in [2.05, 4.69) is 4.98 Å². The Morgan fingerprint density at radius 1 is 0.962 bits per heavy atom. The Morgan fingerprint density at radius 3 is 2.31 bits per heavy atom. The molecule has 0 amide bonds. The van der Waals surface area contributed by atoms with Crippen LogP contribution in [-0.2, 0) is 0 Å². The molecule has 0 saturated heterocycles. The van der Waals surface area contributed by atoms with E-state index in [1.54, 1.807) is 21.1 Å². The van der Waals surface area contributed by atoms with Crippen LogP contribution in [0.2, 0.25) is 0 Å². The summed E-state index contributed by atoms with van der Waals surface area (Å²) < 4.78 is 10.5. The van der Waals surface area contributed by atoms with Gasteiger partial charge in [0.15, 0.2) is 5.78 Å². The lowest BCUT2D eigenvalue weighted by Crippen LogP contribution is -1.97. The third kappa shape index (κ3) is 2.58. The van der Waals surface area contributed by atoms with Gasteiger partial charge in [-0.05, 0) is 49.4 Å². The van der Waals surface area contributed by atoms with E-state index in [0.29, 0.717) is 5.56 Å². The van der Waals surface area contributed by atoms with Crippen LogP contribution in [0.3, 0.4) is 0 Å². The number of ketones is 1. The normalized spacial score (nSPS) is 11.0. The molecule has 2 aromatic carbocycles. The standard InChI is InChI=1S/C21H18N2O3/c1-12(24)17-11-18(13-4-6-14(25-2)7-5-13)22-20-16-9-8-15(26-3)10-19(16)23-21(17)20/h4-11,23H,1-3H3. The van der Waals surface area contributed by atoms with Gasteiger partial charge in [0, 0.05) is 22.6 Å². The van der Waals surface area contributed by atoms with Gasteiger partial charge < -0.3 is 14.5 Å². The summed E-state index contributed by atoms with van der Waals surface area (Å²) in [4.78, 5) is 20.4. The van der Waals surface area contributed by atoms with Gasteiger partial charge in [0.05, 0.1) is 36.5 Å². The smallest absolute Gasteiger partial charge is 0.162 e. The molecule has 0 aliphatic carbocycles. The van der Waals surface area contributed by atoms with Crippen LogP contribution in [-0.4, -0.2) is 30.0 Å². The largest absolute Gasteiger partial charge is 0.497 e. The van der Waals surface area contributed by atoms with E-state index in [-0.39, 0.29) is 5.78 Å². The maximum Gasteiger partial charge on any atom is 0.162 e. The number of H-pyrrole nitrogens is 1. The van der Waals surface area contributed by atoms with Crippen molar-refractivity contribution in [3.63, 3.8) is 0 Å².